The van der Waals surface area contributed by atoms with Crippen molar-refractivity contribution in [1.29, 1.82) is 5.26 Å². The highest BCUT2D eigenvalue weighted by Crippen LogP contribution is 2.36. The number of nitrogens with zero attached hydrogens (tertiary/aromatic N) is 5. The highest BCUT2D eigenvalue weighted by molar-refractivity contribution is 5.85. The van der Waals surface area contributed by atoms with Crippen LogP contribution in [0.3, 0.4) is 0 Å². The maximum absolute atomic E-state index is 13.5. The number of rotatable bonds is 5. The molecule has 9 nitrogen and oxygen atoms in total. The van der Waals surface area contributed by atoms with Gasteiger partial charge in [0.25, 0.3) is 0 Å². The predicted molar refractivity (Wildman–Crippen MR) is 120 cm³/mol. The van der Waals surface area contributed by atoms with Gasteiger partial charge in [0, 0.05) is 30.9 Å². The monoisotopic (exact) mass is 488 g/mol. The molecule has 4 heterocycles. The van der Waals surface area contributed by atoms with Gasteiger partial charge in [-0.1, -0.05) is 0 Å². The minimum atomic E-state index is -4.44. The SMILES string of the molecule is CCOc1cc(-c2ccc(N3C[C@H](OC(=O)NC)C[C@H](C(F)(F)F)C3)nc2)c2c(C#N)cnn2c1. The van der Waals surface area contributed by atoms with E-state index >= 15 is 0 Å². The van der Waals surface area contributed by atoms with E-state index in [0.29, 0.717) is 40.4 Å². The van der Waals surface area contributed by atoms with Gasteiger partial charge < -0.3 is 19.7 Å². The molecule has 0 aromatic carbocycles. The quantitative estimate of drug-likeness (QED) is 0.583. The zero-order valence-corrected chi connectivity index (χ0v) is 19.0. The molecule has 0 bridgehead atoms. The number of nitrogens with one attached hydrogen (secondary N) is 1. The third-order valence-corrected chi connectivity index (χ3v) is 5.75. The number of hydrogen-bond donors (Lipinski definition) is 1. The molecule has 3 aromatic rings. The normalized spacial score (nSPS) is 18.2. The predicted octanol–water partition coefficient (Wildman–Crippen LogP) is 3.78. The van der Waals surface area contributed by atoms with Crippen LogP contribution in [0.1, 0.15) is 18.9 Å². The van der Waals surface area contributed by atoms with Crippen molar-refractivity contribution >= 4 is 17.4 Å². The van der Waals surface area contributed by atoms with E-state index in [4.69, 9.17) is 9.47 Å². The third kappa shape index (κ3) is 5.08. The zero-order valence-electron chi connectivity index (χ0n) is 19.0. The lowest BCUT2D eigenvalue weighted by Crippen LogP contribution is -2.50. The van der Waals surface area contributed by atoms with Gasteiger partial charge in [0.1, 0.15) is 23.7 Å². The molecule has 1 saturated heterocycles. The molecule has 1 amide bonds. The molecule has 0 aliphatic carbocycles. The molecule has 1 N–H and O–H groups in total. The van der Waals surface area contributed by atoms with Crippen molar-refractivity contribution in [3.63, 3.8) is 0 Å². The van der Waals surface area contributed by atoms with E-state index in [-0.39, 0.29) is 19.5 Å². The number of ether oxygens (including phenoxy) is 2. The number of carbonyl (C=O) groups excluding carboxylic acids is 1. The van der Waals surface area contributed by atoms with E-state index in [0.717, 1.165) is 0 Å². The van der Waals surface area contributed by atoms with Crippen molar-refractivity contribution in [3.8, 4) is 22.9 Å². The second-order valence-electron chi connectivity index (χ2n) is 8.05. The molecule has 0 spiro atoms. The second-order valence-corrected chi connectivity index (χ2v) is 8.05. The van der Waals surface area contributed by atoms with Crippen LogP contribution >= 0.6 is 0 Å². The number of aromatic nitrogens is 3. The Morgan fingerprint density at radius 1 is 1.31 bits per heavy atom. The van der Waals surface area contributed by atoms with Gasteiger partial charge >= 0.3 is 12.3 Å². The lowest BCUT2D eigenvalue weighted by Gasteiger charge is -2.38. The highest BCUT2D eigenvalue weighted by Gasteiger charge is 2.45. The number of nitriles is 1. The van der Waals surface area contributed by atoms with Crippen molar-refractivity contribution in [2.45, 2.75) is 25.6 Å². The first kappa shape index (κ1) is 24.1. The Labute approximate surface area is 199 Å². The lowest BCUT2D eigenvalue weighted by molar-refractivity contribution is -0.182. The molecule has 1 aliphatic rings. The standard InChI is InChI=1S/C23H23F3N6O3/c1-3-34-17-7-19(21-15(8-27)10-30-32(21)13-17)14-4-5-20(29-9-14)31-11-16(23(24,25)26)6-18(12-31)35-22(33)28-2/h4-5,7,9-10,13,16,18H,3,6,11-12H2,1-2H3,(H,28,33)/t16-,18+/m0/s1. The van der Waals surface area contributed by atoms with E-state index in [1.807, 2.05) is 6.92 Å². The Balaban J connectivity index is 1.66. The van der Waals surface area contributed by atoms with Gasteiger partial charge in [0.15, 0.2) is 0 Å². The molecule has 1 fully saturated rings. The minimum Gasteiger partial charge on any atom is -0.492 e. The summed E-state index contributed by atoms with van der Waals surface area (Å²) >= 11 is 0. The lowest BCUT2D eigenvalue weighted by atomic mass is 9.95. The fourth-order valence-electron chi connectivity index (χ4n) is 4.15. The maximum atomic E-state index is 13.5. The van der Waals surface area contributed by atoms with Crippen LogP contribution in [0.15, 0.2) is 36.8 Å². The fraction of sp³-hybridized carbons (Fsp3) is 0.391. The Bertz CT molecular complexity index is 1250. The van der Waals surface area contributed by atoms with Gasteiger partial charge in [-0.3, -0.25) is 0 Å². The largest absolute Gasteiger partial charge is 0.492 e. The summed E-state index contributed by atoms with van der Waals surface area (Å²) in [6, 6.07) is 7.21. The zero-order chi connectivity index (χ0) is 25.2. The summed E-state index contributed by atoms with van der Waals surface area (Å²) in [5, 5.41) is 16.0. The number of pyridine rings is 2. The first-order valence-corrected chi connectivity index (χ1v) is 10.9. The summed E-state index contributed by atoms with van der Waals surface area (Å²) < 4.78 is 52.9. The molecule has 0 unspecified atom stereocenters. The van der Waals surface area contributed by atoms with Gasteiger partial charge in [-0.15, -0.1) is 0 Å². The number of piperidine rings is 1. The number of amides is 1. The summed E-state index contributed by atoms with van der Waals surface area (Å²) in [6.45, 7) is 2.06. The van der Waals surface area contributed by atoms with Gasteiger partial charge in [0.2, 0.25) is 0 Å². The Morgan fingerprint density at radius 2 is 2.11 bits per heavy atom. The van der Waals surface area contributed by atoms with Crippen molar-refractivity contribution < 1.29 is 27.4 Å². The average Bonchev–Trinajstić information content (AvgIpc) is 3.26. The molecular formula is C23H23F3N6O3. The number of hydrogen-bond acceptors (Lipinski definition) is 7. The number of carbonyl (C=O) groups is 1. The molecule has 184 valence electrons. The van der Waals surface area contributed by atoms with Crippen LogP contribution in [0, 0.1) is 17.2 Å². The molecule has 1 aliphatic heterocycles. The fourth-order valence-corrected chi connectivity index (χ4v) is 4.15. The Morgan fingerprint density at radius 3 is 2.74 bits per heavy atom. The molecule has 3 aromatic heterocycles. The first-order chi connectivity index (χ1) is 16.7. The molecule has 0 saturated carbocycles. The smallest absolute Gasteiger partial charge is 0.407 e. The Kier molecular flexibility index (Phi) is 6.68. The number of alkyl halides is 3. The summed E-state index contributed by atoms with van der Waals surface area (Å²) in [5.41, 5.74) is 2.22. The van der Waals surface area contributed by atoms with Crippen LogP contribution in [0.4, 0.5) is 23.8 Å². The summed E-state index contributed by atoms with van der Waals surface area (Å²) in [5.74, 6) is -0.802. The van der Waals surface area contributed by atoms with Crippen LogP contribution in [-0.2, 0) is 4.74 Å². The molecular weight excluding hydrogens is 465 g/mol. The van der Waals surface area contributed by atoms with Gasteiger partial charge in [-0.25, -0.2) is 14.3 Å². The average molecular weight is 488 g/mol. The molecule has 35 heavy (non-hydrogen) atoms. The number of anilines is 1. The number of alkyl carbamates (subject to hydrolysis) is 1. The molecule has 2 atom stereocenters. The minimum absolute atomic E-state index is 0.0810. The molecule has 12 heteroatoms. The van der Waals surface area contributed by atoms with Gasteiger partial charge in [0.05, 0.1) is 42.5 Å². The first-order valence-electron chi connectivity index (χ1n) is 10.9. The van der Waals surface area contributed by atoms with E-state index in [1.54, 1.807) is 28.9 Å². The Hall–Kier alpha value is -4.01. The summed E-state index contributed by atoms with van der Waals surface area (Å²) in [7, 11) is 1.35. The molecule has 4 rings (SSSR count). The van der Waals surface area contributed by atoms with Crippen LogP contribution in [0.2, 0.25) is 0 Å². The van der Waals surface area contributed by atoms with E-state index < -0.39 is 24.3 Å². The highest BCUT2D eigenvalue weighted by atomic mass is 19.4. The van der Waals surface area contributed by atoms with Crippen molar-refractivity contribution in [2.75, 3.05) is 31.6 Å². The number of fused-ring (bicyclic) bond motifs is 1. The van der Waals surface area contributed by atoms with Gasteiger partial charge in [-0.05, 0) is 31.5 Å². The van der Waals surface area contributed by atoms with Crippen LogP contribution in [-0.4, -0.2) is 59.7 Å². The topological polar surface area (TPSA) is 105 Å². The van der Waals surface area contributed by atoms with E-state index in [9.17, 15) is 23.2 Å². The van der Waals surface area contributed by atoms with Crippen molar-refractivity contribution in [3.05, 3.63) is 42.4 Å². The summed E-state index contributed by atoms with van der Waals surface area (Å²) in [4.78, 5) is 17.5. The van der Waals surface area contributed by atoms with Crippen LogP contribution in [0.25, 0.3) is 16.6 Å². The van der Waals surface area contributed by atoms with E-state index in [1.165, 1.54) is 24.3 Å². The second kappa shape index (κ2) is 9.69. The van der Waals surface area contributed by atoms with Crippen LogP contribution < -0.4 is 15.0 Å². The molecule has 0 radical (unpaired) electrons. The number of halogens is 3. The van der Waals surface area contributed by atoms with Gasteiger partial charge in [-0.2, -0.15) is 23.5 Å². The van der Waals surface area contributed by atoms with Crippen molar-refractivity contribution in [1.82, 2.24) is 19.9 Å². The van der Waals surface area contributed by atoms with E-state index in [2.05, 4.69) is 21.5 Å². The third-order valence-electron chi connectivity index (χ3n) is 5.75. The van der Waals surface area contributed by atoms with Crippen molar-refractivity contribution in [2.24, 2.45) is 5.92 Å². The summed E-state index contributed by atoms with van der Waals surface area (Å²) in [6.07, 6.45) is -1.83. The van der Waals surface area contributed by atoms with Crippen LogP contribution in [0.5, 0.6) is 5.75 Å². The maximum Gasteiger partial charge on any atom is 0.407 e.